The topological polar surface area (TPSA) is 113 Å². The van der Waals surface area contributed by atoms with Crippen molar-refractivity contribution in [3.05, 3.63) is 34.8 Å². The Balaban J connectivity index is 1.90. The molecule has 8 nitrogen and oxygen atoms in total. The molecule has 3 N–H and O–H groups in total. The number of carboxylic acid groups (broad SMARTS) is 1. The van der Waals surface area contributed by atoms with Crippen LogP contribution in [0.25, 0.3) is 0 Å². The van der Waals surface area contributed by atoms with Gasteiger partial charge in [0.15, 0.2) is 5.54 Å². The standard InChI is InChI=1S/C14H16N4O4S/c1-14(2,13(21)22)18-8-9(6-16-18)17-11(19)7-15-12(20)10-4-3-5-23-10/h3-6,8H,7H2,1-2H3,(H,15,20)(H,17,19)(H,21,22). The van der Waals surface area contributed by atoms with E-state index < -0.39 is 17.4 Å². The molecule has 0 aliphatic rings. The van der Waals surface area contributed by atoms with Gasteiger partial charge in [0.05, 0.1) is 23.3 Å². The van der Waals surface area contributed by atoms with Crippen molar-refractivity contribution >= 4 is 34.8 Å². The summed E-state index contributed by atoms with van der Waals surface area (Å²) in [5, 5.41) is 19.9. The van der Waals surface area contributed by atoms with Crippen molar-refractivity contribution in [2.45, 2.75) is 19.4 Å². The van der Waals surface area contributed by atoms with E-state index in [0.29, 0.717) is 10.6 Å². The van der Waals surface area contributed by atoms with Crippen LogP contribution in [0.5, 0.6) is 0 Å². The molecule has 23 heavy (non-hydrogen) atoms. The van der Waals surface area contributed by atoms with Gasteiger partial charge >= 0.3 is 5.97 Å². The molecule has 122 valence electrons. The van der Waals surface area contributed by atoms with Gasteiger partial charge in [-0.25, -0.2) is 4.79 Å². The quantitative estimate of drug-likeness (QED) is 0.732. The number of anilines is 1. The minimum atomic E-state index is -1.23. The van der Waals surface area contributed by atoms with Crippen LogP contribution >= 0.6 is 11.3 Å². The summed E-state index contributed by atoms with van der Waals surface area (Å²) >= 11 is 1.28. The highest BCUT2D eigenvalue weighted by atomic mass is 32.1. The number of hydrogen-bond donors (Lipinski definition) is 3. The van der Waals surface area contributed by atoms with E-state index in [0.717, 1.165) is 0 Å². The minimum Gasteiger partial charge on any atom is -0.479 e. The number of hydrogen-bond acceptors (Lipinski definition) is 5. The lowest BCUT2D eigenvalue weighted by molar-refractivity contribution is -0.146. The van der Waals surface area contributed by atoms with Gasteiger partial charge in [0, 0.05) is 6.20 Å². The smallest absolute Gasteiger partial charge is 0.331 e. The fourth-order valence-electron chi connectivity index (χ4n) is 1.65. The first-order valence-electron chi connectivity index (χ1n) is 6.71. The van der Waals surface area contributed by atoms with Crippen molar-refractivity contribution in [2.24, 2.45) is 0 Å². The molecule has 9 heteroatoms. The lowest BCUT2D eigenvalue weighted by atomic mass is 10.1. The van der Waals surface area contributed by atoms with Gasteiger partial charge in [-0.15, -0.1) is 11.3 Å². The van der Waals surface area contributed by atoms with E-state index in [1.54, 1.807) is 17.5 Å². The van der Waals surface area contributed by atoms with Gasteiger partial charge in [-0.2, -0.15) is 5.10 Å². The molecule has 2 rings (SSSR count). The maximum Gasteiger partial charge on any atom is 0.331 e. The third kappa shape index (κ3) is 3.95. The highest BCUT2D eigenvalue weighted by molar-refractivity contribution is 7.12. The van der Waals surface area contributed by atoms with Crippen LogP contribution in [0.15, 0.2) is 29.9 Å². The van der Waals surface area contributed by atoms with E-state index in [1.807, 2.05) is 0 Å². The normalized spacial score (nSPS) is 11.0. The largest absolute Gasteiger partial charge is 0.479 e. The van der Waals surface area contributed by atoms with Crippen molar-refractivity contribution in [2.75, 3.05) is 11.9 Å². The molecule has 2 amide bonds. The van der Waals surface area contributed by atoms with Crippen LogP contribution in [0.3, 0.4) is 0 Å². The highest BCUT2D eigenvalue weighted by Crippen LogP contribution is 2.17. The first-order valence-corrected chi connectivity index (χ1v) is 7.59. The summed E-state index contributed by atoms with van der Waals surface area (Å²) in [4.78, 5) is 35.2. The average molecular weight is 336 g/mol. The second-order valence-corrected chi connectivity index (χ2v) is 6.19. The lowest BCUT2D eigenvalue weighted by Crippen LogP contribution is -2.36. The predicted octanol–water partition coefficient (Wildman–Crippen LogP) is 1.13. The van der Waals surface area contributed by atoms with Crippen molar-refractivity contribution in [3.8, 4) is 0 Å². The fourth-order valence-corrected chi connectivity index (χ4v) is 2.29. The van der Waals surface area contributed by atoms with Crippen LogP contribution in [-0.2, 0) is 15.1 Å². The Labute approximate surface area is 136 Å². The Kier molecular flexibility index (Phi) is 4.80. The Morgan fingerprint density at radius 2 is 2.13 bits per heavy atom. The number of nitrogens with zero attached hydrogens (tertiary/aromatic N) is 2. The molecule has 0 aliphatic carbocycles. The predicted molar refractivity (Wildman–Crippen MR) is 84.5 cm³/mol. The summed E-state index contributed by atoms with van der Waals surface area (Å²) in [6.07, 6.45) is 2.77. The van der Waals surface area contributed by atoms with E-state index in [-0.39, 0.29) is 12.5 Å². The zero-order valence-electron chi connectivity index (χ0n) is 12.6. The Morgan fingerprint density at radius 3 is 2.74 bits per heavy atom. The number of aliphatic carboxylic acids is 1. The van der Waals surface area contributed by atoms with Gasteiger partial charge in [-0.05, 0) is 25.3 Å². The molecule has 2 heterocycles. The van der Waals surface area contributed by atoms with E-state index in [2.05, 4.69) is 15.7 Å². The summed E-state index contributed by atoms with van der Waals surface area (Å²) in [5.74, 6) is -1.79. The van der Waals surface area contributed by atoms with Crippen LogP contribution in [-0.4, -0.2) is 39.2 Å². The summed E-state index contributed by atoms with van der Waals surface area (Å²) in [6, 6.07) is 3.41. The number of aromatic nitrogens is 2. The highest BCUT2D eigenvalue weighted by Gasteiger charge is 2.30. The van der Waals surface area contributed by atoms with Crippen LogP contribution in [0, 0.1) is 0 Å². The average Bonchev–Trinajstić information content (AvgIpc) is 3.16. The molecule has 0 aliphatic heterocycles. The Bertz CT molecular complexity index is 721. The van der Waals surface area contributed by atoms with Gasteiger partial charge in [0.25, 0.3) is 5.91 Å². The summed E-state index contributed by atoms with van der Waals surface area (Å²) in [6.45, 7) is 2.80. The second-order valence-electron chi connectivity index (χ2n) is 5.25. The second kappa shape index (κ2) is 6.61. The van der Waals surface area contributed by atoms with E-state index in [4.69, 9.17) is 5.11 Å². The molecule has 0 radical (unpaired) electrons. The number of amides is 2. The zero-order chi connectivity index (χ0) is 17.0. The van der Waals surface area contributed by atoms with Crippen molar-refractivity contribution in [3.63, 3.8) is 0 Å². The molecule has 2 aromatic heterocycles. The first-order chi connectivity index (χ1) is 10.8. The van der Waals surface area contributed by atoms with Crippen molar-refractivity contribution in [1.82, 2.24) is 15.1 Å². The van der Waals surface area contributed by atoms with Gasteiger partial charge in [-0.3, -0.25) is 14.3 Å². The molecule has 0 atom stereocenters. The van der Waals surface area contributed by atoms with E-state index in [9.17, 15) is 14.4 Å². The van der Waals surface area contributed by atoms with Crippen LogP contribution < -0.4 is 10.6 Å². The first kappa shape index (κ1) is 16.7. The monoisotopic (exact) mass is 336 g/mol. The van der Waals surface area contributed by atoms with Crippen molar-refractivity contribution < 1.29 is 19.5 Å². The molecule has 0 aromatic carbocycles. The van der Waals surface area contributed by atoms with E-state index >= 15 is 0 Å². The maximum absolute atomic E-state index is 11.8. The molecule has 0 saturated heterocycles. The van der Waals surface area contributed by atoms with Crippen molar-refractivity contribution in [1.29, 1.82) is 0 Å². The third-order valence-electron chi connectivity index (χ3n) is 3.12. The molecule has 0 unspecified atom stereocenters. The van der Waals surface area contributed by atoms with Crippen LogP contribution in [0.4, 0.5) is 5.69 Å². The van der Waals surface area contributed by atoms with Gasteiger partial charge in [-0.1, -0.05) is 6.07 Å². The molecular formula is C14H16N4O4S. The fraction of sp³-hybridized carbons (Fsp3) is 0.286. The molecule has 2 aromatic rings. The molecule has 0 fully saturated rings. The SMILES string of the molecule is CC(C)(C(=O)O)n1cc(NC(=O)CNC(=O)c2cccs2)cn1. The number of carboxylic acids is 1. The molecule has 0 bridgehead atoms. The van der Waals surface area contributed by atoms with Gasteiger partial charge in [0.2, 0.25) is 5.91 Å². The maximum atomic E-state index is 11.8. The van der Waals surface area contributed by atoms with E-state index in [1.165, 1.54) is 42.3 Å². The van der Waals surface area contributed by atoms with Gasteiger partial charge < -0.3 is 15.7 Å². The lowest BCUT2D eigenvalue weighted by Gasteiger charge is -2.19. The van der Waals surface area contributed by atoms with Crippen LogP contribution in [0.1, 0.15) is 23.5 Å². The number of rotatable bonds is 6. The number of carbonyl (C=O) groups excluding carboxylic acids is 2. The molecule has 0 saturated carbocycles. The minimum absolute atomic E-state index is 0.190. The summed E-state index contributed by atoms with van der Waals surface area (Å²) in [5.41, 5.74) is -0.870. The Morgan fingerprint density at radius 1 is 1.39 bits per heavy atom. The number of carbonyl (C=O) groups is 3. The number of nitrogens with one attached hydrogen (secondary N) is 2. The summed E-state index contributed by atoms with van der Waals surface area (Å²) < 4.78 is 1.25. The number of thiophene rings is 1. The van der Waals surface area contributed by atoms with Crippen LogP contribution in [0.2, 0.25) is 0 Å². The molecular weight excluding hydrogens is 320 g/mol. The Hall–Kier alpha value is -2.68. The molecule has 0 spiro atoms. The zero-order valence-corrected chi connectivity index (χ0v) is 13.4. The third-order valence-corrected chi connectivity index (χ3v) is 3.99. The van der Waals surface area contributed by atoms with Gasteiger partial charge in [0.1, 0.15) is 0 Å². The summed E-state index contributed by atoms with van der Waals surface area (Å²) in [7, 11) is 0.